The van der Waals surface area contributed by atoms with Gasteiger partial charge in [-0.05, 0) is 31.3 Å². The molecule has 1 amide bonds. The van der Waals surface area contributed by atoms with Gasteiger partial charge in [0.1, 0.15) is 5.69 Å². The number of benzene rings is 1. The van der Waals surface area contributed by atoms with Crippen molar-refractivity contribution < 1.29 is 17.6 Å². The van der Waals surface area contributed by atoms with Gasteiger partial charge in [0.25, 0.3) is 5.91 Å². The van der Waals surface area contributed by atoms with Gasteiger partial charge in [-0.3, -0.25) is 4.79 Å². The minimum absolute atomic E-state index is 0.0844. The Hall–Kier alpha value is -2.95. The first kappa shape index (κ1) is 22.7. The van der Waals surface area contributed by atoms with Gasteiger partial charge in [-0.2, -0.15) is 0 Å². The number of nitrogens with one attached hydrogen (secondary N) is 2. The highest BCUT2D eigenvalue weighted by Crippen LogP contribution is 2.27. The van der Waals surface area contributed by atoms with E-state index < -0.39 is 21.7 Å². The van der Waals surface area contributed by atoms with Crippen molar-refractivity contribution in [1.82, 2.24) is 14.3 Å². The number of aryl methyl sites for hydroxylation is 1. The number of pyridine rings is 1. The van der Waals surface area contributed by atoms with E-state index in [-0.39, 0.29) is 26.9 Å². The second-order valence-corrected chi connectivity index (χ2v) is 9.30. The van der Waals surface area contributed by atoms with Crippen molar-refractivity contribution in [3.63, 3.8) is 0 Å². The molecule has 0 aliphatic carbocycles. The molecule has 0 atom stereocenters. The molecule has 0 saturated heterocycles. The monoisotopic (exact) mass is 465 g/mol. The Morgan fingerprint density at radius 1 is 1.19 bits per heavy atom. The van der Waals surface area contributed by atoms with E-state index in [0.717, 1.165) is 0 Å². The summed E-state index contributed by atoms with van der Waals surface area (Å²) in [6.07, 6.45) is 3.07. The van der Waals surface area contributed by atoms with Gasteiger partial charge in [0.05, 0.1) is 28.0 Å². The first-order valence-corrected chi connectivity index (χ1v) is 10.9. The molecule has 0 unspecified atom stereocenters. The maximum atomic E-state index is 14.6. The minimum atomic E-state index is -3.74. The van der Waals surface area contributed by atoms with Crippen LogP contribution in [0.5, 0.6) is 0 Å². The van der Waals surface area contributed by atoms with Crippen LogP contribution in [0.1, 0.15) is 10.4 Å². The van der Waals surface area contributed by atoms with Crippen LogP contribution in [0.3, 0.4) is 0 Å². The third-order valence-corrected chi connectivity index (χ3v) is 6.17. The quantitative estimate of drug-likeness (QED) is 0.583. The average molecular weight is 466 g/mol. The number of carbonyl (C=O) groups is 1. The van der Waals surface area contributed by atoms with Crippen LogP contribution in [0.2, 0.25) is 5.02 Å². The summed E-state index contributed by atoms with van der Waals surface area (Å²) in [7, 11) is 2.77. The van der Waals surface area contributed by atoms with Gasteiger partial charge >= 0.3 is 0 Å². The second kappa shape index (κ2) is 8.66. The van der Waals surface area contributed by atoms with Crippen molar-refractivity contribution in [2.24, 2.45) is 7.05 Å². The average Bonchev–Trinajstić information content (AvgIpc) is 3.09. The number of amides is 1. The zero-order valence-electron chi connectivity index (χ0n) is 17.3. The second-order valence-electron chi connectivity index (χ2n) is 6.98. The molecule has 8 nitrogen and oxygen atoms in total. The molecule has 11 heteroatoms. The van der Waals surface area contributed by atoms with Gasteiger partial charge in [0.15, 0.2) is 5.82 Å². The van der Waals surface area contributed by atoms with Gasteiger partial charge in [-0.15, -0.1) is 0 Å². The highest BCUT2D eigenvalue weighted by Gasteiger charge is 2.18. The fourth-order valence-electron chi connectivity index (χ4n) is 2.90. The Morgan fingerprint density at radius 2 is 1.90 bits per heavy atom. The first-order chi connectivity index (χ1) is 14.5. The maximum absolute atomic E-state index is 14.6. The van der Waals surface area contributed by atoms with Crippen LogP contribution in [0.15, 0.2) is 47.6 Å². The largest absolute Gasteiger partial charge is 0.376 e. The summed E-state index contributed by atoms with van der Waals surface area (Å²) in [5, 5.41) is 2.76. The van der Waals surface area contributed by atoms with Crippen LogP contribution < -0.4 is 14.9 Å². The fraction of sp³-hybridized carbons (Fsp3) is 0.200. The zero-order chi connectivity index (χ0) is 22.9. The van der Waals surface area contributed by atoms with E-state index in [1.54, 1.807) is 36.8 Å². The van der Waals surface area contributed by atoms with Gasteiger partial charge in [0.2, 0.25) is 10.0 Å². The Balaban J connectivity index is 1.90. The fourth-order valence-corrected chi connectivity index (χ4v) is 4.00. The number of hydrogen-bond donors (Lipinski definition) is 2. The van der Waals surface area contributed by atoms with E-state index in [4.69, 9.17) is 11.6 Å². The third kappa shape index (κ3) is 4.87. The first-order valence-electron chi connectivity index (χ1n) is 9.07. The lowest BCUT2D eigenvalue weighted by atomic mass is 10.2. The molecule has 2 N–H and O–H groups in total. The van der Waals surface area contributed by atoms with E-state index >= 15 is 0 Å². The normalized spacial score (nSPS) is 11.4. The van der Waals surface area contributed by atoms with Gasteiger partial charge in [-0.1, -0.05) is 11.6 Å². The number of rotatable bonds is 6. The molecule has 0 bridgehead atoms. The molecule has 0 radical (unpaired) electrons. The molecular weight excluding hydrogens is 445 g/mol. The Labute approximate surface area is 184 Å². The highest BCUT2D eigenvalue weighted by molar-refractivity contribution is 7.89. The lowest BCUT2D eigenvalue weighted by Gasteiger charge is -2.13. The van der Waals surface area contributed by atoms with Crippen molar-refractivity contribution in [3.05, 3.63) is 59.1 Å². The number of hydrogen-bond acceptors (Lipinski definition) is 5. The summed E-state index contributed by atoms with van der Waals surface area (Å²) in [6.45, 7) is 0. The standard InChI is InChI=1S/C20H21ClFN5O3S/c1-23-31(29,30)16-7-13(21)6-14(8-16)25-20(28)12-5-18(27(4)11-12)19-17(22)9-15(10-24-19)26(2)3/h5-11,23H,1-4H3,(H,25,28). The molecule has 0 saturated carbocycles. The van der Waals surface area contributed by atoms with Crippen LogP contribution in [0.4, 0.5) is 15.8 Å². The van der Waals surface area contributed by atoms with Crippen LogP contribution >= 0.6 is 11.6 Å². The smallest absolute Gasteiger partial charge is 0.257 e. The van der Waals surface area contributed by atoms with Gasteiger partial charge in [-0.25, -0.2) is 22.5 Å². The number of sulfonamides is 1. The lowest BCUT2D eigenvalue weighted by Crippen LogP contribution is -2.19. The molecular formula is C20H21ClFN5O3S. The topological polar surface area (TPSA) is 96.3 Å². The molecule has 2 aromatic heterocycles. The van der Waals surface area contributed by atoms with Crippen LogP contribution in [0, 0.1) is 5.82 Å². The molecule has 3 aromatic rings. The Bertz CT molecular complexity index is 1260. The van der Waals surface area contributed by atoms with E-state index in [0.29, 0.717) is 11.4 Å². The van der Waals surface area contributed by atoms with Crippen LogP contribution in [-0.4, -0.2) is 45.0 Å². The third-order valence-electron chi connectivity index (χ3n) is 4.56. The molecule has 164 valence electrons. The van der Waals surface area contributed by atoms with E-state index in [2.05, 4.69) is 15.0 Å². The molecule has 1 aromatic carbocycles. The van der Waals surface area contributed by atoms with Crippen molar-refractivity contribution in [2.75, 3.05) is 31.4 Å². The van der Waals surface area contributed by atoms with Crippen LogP contribution in [-0.2, 0) is 17.1 Å². The minimum Gasteiger partial charge on any atom is -0.376 e. The summed E-state index contributed by atoms with van der Waals surface area (Å²) in [5.74, 6) is -1.03. The zero-order valence-corrected chi connectivity index (χ0v) is 18.8. The number of anilines is 2. The number of carbonyl (C=O) groups excluding carboxylic acids is 1. The van der Waals surface area contributed by atoms with Gasteiger partial charge < -0.3 is 14.8 Å². The van der Waals surface area contributed by atoms with Crippen LogP contribution in [0.25, 0.3) is 11.4 Å². The van der Waals surface area contributed by atoms with Crippen molar-refractivity contribution in [3.8, 4) is 11.4 Å². The van der Waals surface area contributed by atoms with E-state index in [9.17, 15) is 17.6 Å². The SMILES string of the molecule is CNS(=O)(=O)c1cc(Cl)cc(NC(=O)c2cc(-c3ncc(N(C)C)cc3F)n(C)c2)c1. The summed E-state index contributed by atoms with van der Waals surface area (Å²) < 4.78 is 42.4. The molecule has 2 heterocycles. The maximum Gasteiger partial charge on any atom is 0.257 e. The molecule has 0 spiro atoms. The number of halogens is 2. The van der Waals surface area contributed by atoms with Crippen molar-refractivity contribution >= 4 is 38.9 Å². The predicted octanol–water partition coefficient (Wildman–Crippen LogP) is 3.11. The molecule has 3 rings (SSSR count). The summed E-state index contributed by atoms with van der Waals surface area (Å²) in [6, 6.07) is 6.87. The Kier molecular flexibility index (Phi) is 6.35. The Morgan fingerprint density at radius 3 is 2.52 bits per heavy atom. The highest BCUT2D eigenvalue weighted by atomic mass is 35.5. The summed E-state index contributed by atoms with van der Waals surface area (Å²) >= 11 is 6.00. The number of aromatic nitrogens is 2. The van der Waals surface area contributed by atoms with E-state index in [1.807, 2.05) is 0 Å². The van der Waals surface area contributed by atoms with E-state index in [1.165, 1.54) is 43.6 Å². The number of nitrogens with zero attached hydrogens (tertiary/aromatic N) is 3. The predicted molar refractivity (Wildman–Crippen MR) is 119 cm³/mol. The summed E-state index contributed by atoms with van der Waals surface area (Å²) in [4.78, 5) is 18.6. The van der Waals surface area contributed by atoms with Gasteiger partial charge in [0, 0.05) is 44.1 Å². The molecule has 0 fully saturated rings. The van der Waals surface area contributed by atoms with Crippen molar-refractivity contribution in [2.45, 2.75) is 4.90 Å². The van der Waals surface area contributed by atoms with Crippen molar-refractivity contribution in [1.29, 1.82) is 0 Å². The lowest BCUT2D eigenvalue weighted by molar-refractivity contribution is 0.102. The molecule has 0 aliphatic heterocycles. The summed E-state index contributed by atoms with van der Waals surface area (Å²) in [5.41, 5.74) is 1.58. The molecule has 31 heavy (non-hydrogen) atoms. The molecule has 0 aliphatic rings.